The predicted molar refractivity (Wildman–Crippen MR) is 78.3 cm³/mol. The Kier molecular flexibility index (Phi) is 5.89. The van der Waals surface area contributed by atoms with Crippen LogP contribution in [0.15, 0.2) is 6.07 Å². The van der Waals surface area contributed by atoms with E-state index in [1.807, 2.05) is 6.92 Å². The van der Waals surface area contributed by atoms with Crippen LogP contribution in [0.25, 0.3) is 0 Å². The molecule has 0 saturated heterocycles. The summed E-state index contributed by atoms with van der Waals surface area (Å²) in [5.74, 6) is 1.77. The van der Waals surface area contributed by atoms with Crippen molar-refractivity contribution in [1.29, 1.82) is 0 Å². The van der Waals surface area contributed by atoms with Crippen LogP contribution in [0.3, 0.4) is 0 Å². The molecule has 0 amide bonds. The van der Waals surface area contributed by atoms with Gasteiger partial charge in [-0.05, 0) is 33.6 Å². The fraction of sp³-hybridized carbons (Fsp3) is 0.714. The lowest BCUT2D eigenvalue weighted by Crippen LogP contribution is -2.26. The maximum absolute atomic E-state index is 4.62. The molecular weight excluding hydrogens is 224 g/mol. The van der Waals surface area contributed by atoms with E-state index in [4.69, 9.17) is 0 Å². The molecule has 18 heavy (non-hydrogen) atoms. The number of nitrogens with zero attached hydrogens (tertiary/aromatic N) is 3. The first kappa shape index (κ1) is 14.7. The van der Waals surface area contributed by atoms with Gasteiger partial charge in [0.15, 0.2) is 0 Å². The highest BCUT2D eigenvalue weighted by Crippen LogP contribution is 2.16. The van der Waals surface area contributed by atoms with Crippen molar-refractivity contribution < 1.29 is 0 Å². The molecule has 0 atom stereocenters. The van der Waals surface area contributed by atoms with Crippen LogP contribution < -0.4 is 10.2 Å². The number of hydrogen-bond donors (Lipinski definition) is 1. The molecule has 102 valence electrons. The van der Waals surface area contributed by atoms with Crippen molar-refractivity contribution >= 4 is 11.8 Å². The van der Waals surface area contributed by atoms with Gasteiger partial charge < -0.3 is 10.2 Å². The third kappa shape index (κ3) is 4.51. The van der Waals surface area contributed by atoms with Crippen molar-refractivity contribution in [2.45, 2.75) is 53.5 Å². The Bertz CT molecular complexity index is 357. The van der Waals surface area contributed by atoms with Crippen LogP contribution in [0, 0.1) is 6.92 Å². The molecule has 0 radical (unpaired) electrons. The molecule has 0 spiro atoms. The molecule has 0 unspecified atom stereocenters. The summed E-state index contributed by atoms with van der Waals surface area (Å²) in [7, 11) is 0. The topological polar surface area (TPSA) is 41.1 Å². The van der Waals surface area contributed by atoms with Gasteiger partial charge in [0.1, 0.15) is 5.82 Å². The Balaban J connectivity index is 2.94. The minimum atomic E-state index is 0.352. The standard InChI is InChI=1S/C14H26N4/c1-6-8-18(9-7-2)13-10-12(5)16-14(17-13)15-11(3)4/h10-11H,6-9H2,1-5H3,(H,15,16,17). The Morgan fingerprint density at radius 1 is 1.17 bits per heavy atom. The van der Waals surface area contributed by atoms with E-state index >= 15 is 0 Å². The fourth-order valence-electron chi connectivity index (χ4n) is 1.92. The van der Waals surface area contributed by atoms with E-state index < -0.39 is 0 Å². The molecule has 4 nitrogen and oxygen atoms in total. The van der Waals surface area contributed by atoms with E-state index in [2.05, 4.69) is 53.9 Å². The van der Waals surface area contributed by atoms with Crippen LogP contribution in [-0.2, 0) is 0 Å². The Morgan fingerprint density at radius 2 is 1.78 bits per heavy atom. The van der Waals surface area contributed by atoms with Gasteiger partial charge in [0.05, 0.1) is 0 Å². The van der Waals surface area contributed by atoms with Gasteiger partial charge in [0.2, 0.25) is 5.95 Å². The van der Waals surface area contributed by atoms with Crippen LogP contribution in [0.2, 0.25) is 0 Å². The number of aryl methyl sites for hydroxylation is 1. The minimum Gasteiger partial charge on any atom is -0.356 e. The second kappa shape index (κ2) is 7.19. The van der Waals surface area contributed by atoms with Crippen molar-refractivity contribution in [3.63, 3.8) is 0 Å². The quantitative estimate of drug-likeness (QED) is 0.806. The molecule has 4 heteroatoms. The number of aromatic nitrogens is 2. The number of anilines is 2. The van der Waals surface area contributed by atoms with E-state index in [-0.39, 0.29) is 0 Å². The SMILES string of the molecule is CCCN(CCC)c1cc(C)nc(NC(C)C)n1. The Hall–Kier alpha value is -1.32. The fourth-order valence-corrected chi connectivity index (χ4v) is 1.92. The Morgan fingerprint density at radius 3 is 2.28 bits per heavy atom. The van der Waals surface area contributed by atoms with E-state index in [1.54, 1.807) is 0 Å². The molecule has 1 aromatic rings. The van der Waals surface area contributed by atoms with E-state index in [9.17, 15) is 0 Å². The monoisotopic (exact) mass is 250 g/mol. The molecule has 0 aromatic carbocycles. The zero-order chi connectivity index (χ0) is 13.5. The second-order valence-electron chi connectivity index (χ2n) is 4.98. The average molecular weight is 250 g/mol. The van der Waals surface area contributed by atoms with E-state index in [1.165, 1.54) is 0 Å². The van der Waals surface area contributed by atoms with E-state index in [0.717, 1.165) is 43.4 Å². The summed E-state index contributed by atoms with van der Waals surface area (Å²) < 4.78 is 0. The van der Waals surface area contributed by atoms with Gasteiger partial charge in [0.25, 0.3) is 0 Å². The van der Waals surface area contributed by atoms with Crippen LogP contribution in [0.1, 0.15) is 46.2 Å². The number of nitrogens with one attached hydrogen (secondary N) is 1. The zero-order valence-electron chi connectivity index (χ0n) is 12.3. The average Bonchev–Trinajstić information content (AvgIpc) is 2.27. The molecule has 0 aliphatic heterocycles. The minimum absolute atomic E-state index is 0.352. The molecule has 1 aromatic heterocycles. The maximum Gasteiger partial charge on any atom is 0.225 e. The first-order valence-electron chi connectivity index (χ1n) is 6.94. The van der Waals surface area contributed by atoms with Gasteiger partial charge >= 0.3 is 0 Å². The van der Waals surface area contributed by atoms with Crippen molar-refractivity contribution in [3.05, 3.63) is 11.8 Å². The van der Waals surface area contributed by atoms with Gasteiger partial charge in [-0.15, -0.1) is 0 Å². The summed E-state index contributed by atoms with van der Waals surface area (Å²) in [4.78, 5) is 11.4. The number of rotatable bonds is 7. The molecule has 0 saturated carbocycles. The maximum atomic E-state index is 4.62. The van der Waals surface area contributed by atoms with Crippen molar-refractivity contribution in [2.24, 2.45) is 0 Å². The van der Waals surface area contributed by atoms with Crippen LogP contribution in [0.5, 0.6) is 0 Å². The molecule has 1 rings (SSSR count). The van der Waals surface area contributed by atoms with Gasteiger partial charge in [-0.2, -0.15) is 4.98 Å². The normalized spacial score (nSPS) is 10.8. The number of hydrogen-bond acceptors (Lipinski definition) is 4. The lowest BCUT2D eigenvalue weighted by atomic mass is 10.3. The first-order valence-corrected chi connectivity index (χ1v) is 6.94. The summed E-state index contributed by atoms with van der Waals surface area (Å²) in [6.07, 6.45) is 2.27. The molecule has 1 heterocycles. The van der Waals surface area contributed by atoms with Crippen LogP contribution in [-0.4, -0.2) is 29.1 Å². The van der Waals surface area contributed by atoms with Gasteiger partial charge in [-0.3, -0.25) is 0 Å². The van der Waals surface area contributed by atoms with Gasteiger partial charge in [0, 0.05) is 30.9 Å². The largest absolute Gasteiger partial charge is 0.356 e. The van der Waals surface area contributed by atoms with Gasteiger partial charge in [-0.25, -0.2) is 4.98 Å². The highest BCUT2D eigenvalue weighted by atomic mass is 15.2. The summed E-state index contributed by atoms with van der Waals surface area (Å²) in [6, 6.07) is 2.42. The van der Waals surface area contributed by atoms with E-state index in [0.29, 0.717) is 6.04 Å². The van der Waals surface area contributed by atoms with Crippen LogP contribution >= 0.6 is 0 Å². The first-order chi connectivity index (χ1) is 8.56. The highest BCUT2D eigenvalue weighted by Gasteiger charge is 2.09. The van der Waals surface area contributed by atoms with Gasteiger partial charge in [-0.1, -0.05) is 13.8 Å². The van der Waals surface area contributed by atoms with Crippen molar-refractivity contribution in [3.8, 4) is 0 Å². The molecule has 1 N–H and O–H groups in total. The third-order valence-corrected chi connectivity index (χ3v) is 2.57. The third-order valence-electron chi connectivity index (χ3n) is 2.57. The smallest absolute Gasteiger partial charge is 0.225 e. The van der Waals surface area contributed by atoms with Crippen molar-refractivity contribution in [2.75, 3.05) is 23.3 Å². The van der Waals surface area contributed by atoms with Crippen LogP contribution in [0.4, 0.5) is 11.8 Å². The Labute approximate surface area is 111 Å². The highest BCUT2D eigenvalue weighted by molar-refractivity contribution is 5.44. The molecular formula is C14H26N4. The summed E-state index contributed by atoms with van der Waals surface area (Å²) in [6.45, 7) is 12.7. The van der Waals surface area contributed by atoms with Crippen molar-refractivity contribution in [1.82, 2.24) is 9.97 Å². The molecule has 0 aliphatic rings. The summed E-state index contributed by atoms with van der Waals surface area (Å²) in [5.41, 5.74) is 1.01. The summed E-state index contributed by atoms with van der Waals surface area (Å²) >= 11 is 0. The lowest BCUT2D eigenvalue weighted by Gasteiger charge is -2.23. The second-order valence-corrected chi connectivity index (χ2v) is 4.98. The lowest BCUT2D eigenvalue weighted by molar-refractivity contribution is 0.730. The molecule has 0 aliphatic carbocycles. The predicted octanol–water partition coefficient (Wildman–Crippen LogP) is 3.23. The zero-order valence-corrected chi connectivity index (χ0v) is 12.3. The molecule has 0 fully saturated rings. The molecule has 0 bridgehead atoms. The summed E-state index contributed by atoms with van der Waals surface area (Å²) in [5, 5.41) is 3.28.